The summed E-state index contributed by atoms with van der Waals surface area (Å²) in [6, 6.07) is 4.43. The molecule has 21 heavy (non-hydrogen) atoms. The molecule has 0 aliphatic rings. The van der Waals surface area contributed by atoms with Crippen LogP contribution < -0.4 is 5.32 Å². The highest BCUT2D eigenvalue weighted by Gasteiger charge is 2.28. The number of halogens is 1. The van der Waals surface area contributed by atoms with Crippen LogP contribution in [0.5, 0.6) is 0 Å². The van der Waals surface area contributed by atoms with Crippen molar-refractivity contribution < 1.29 is 23.5 Å². The van der Waals surface area contributed by atoms with Crippen molar-refractivity contribution in [2.45, 2.75) is 39.3 Å². The third kappa shape index (κ3) is 5.41. The molecule has 0 aromatic heterocycles. The van der Waals surface area contributed by atoms with Crippen molar-refractivity contribution in [3.05, 3.63) is 35.6 Å². The number of ether oxygens (including phenoxy) is 2. The lowest BCUT2D eigenvalue weighted by Crippen LogP contribution is -2.39. The standard InChI is InChI=1S/C15H20FNO4/c1-5-20-13(18)12(10-8-6-7-9-11(10)16)17-14(19)21-15(2,3)4/h6-9,12H,5H2,1-4H3,(H,17,19). The van der Waals surface area contributed by atoms with Gasteiger partial charge in [0.15, 0.2) is 6.04 Å². The van der Waals surface area contributed by atoms with Gasteiger partial charge in [-0.15, -0.1) is 0 Å². The Labute approximate surface area is 123 Å². The Bertz CT molecular complexity index is 511. The van der Waals surface area contributed by atoms with E-state index in [2.05, 4.69) is 5.32 Å². The van der Waals surface area contributed by atoms with E-state index < -0.39 is 29.5 Å². The van der Waals surface area contributed by atoms with Crippen LogP contribution in [0.4, 0.5) is 9.18 Å². The summed E-state index contributed by atoms with van der Waals surface area (Å²) in [5.41, 5.74) is -0.694. The van der Waals surface area contributed by atoms with Gasteiger partial charge in [-0.1, -0.05) is 18.2 Å². The summed E-state index contributed by atoms with van der Waals surface area (Å²) < 4.78 is 23.8. The largest absolute Gasteiger partial charge is 0.464 e. The second-order valence-electron chi connectivity index (χ2n) is 5.35. The predicted octanol–water partition coefficient (Wildman–Crippen LogP) is 2.95. The summed E-state index contributed by atoms with van der Waals surface area (Å²) >= 11 is 0. The Kier molecular flexibility index (Phi) is 5.69. The Balaban J connectivity index is 2.96. The summed E-state index contributed by atoms with van der Waals surface area (Å²) in [7, 11) is 0. The molecule has 0 saturated carbocycles. The topological polar surface area (TPSA) is 64.6 Å². The zero-order valence-electron chi connectivity index (χ0n) is 12.6. The number of esters is 1. The number of carbonyl (C=O) groups is 2. The van der Waals surface area contributed by atoms with E-state index in [9.17, 15) is 14.0 Å². The molecular weight excluding hydrogens is 277 g/mol. The summed E-state index contributed by atoms with van der Waals surface area (Å²) in [5, 5.41) is 2.34. The van der Waals surface area contributed by atoms with E-state index >= 15 is 0 Å². The molecular formula is C15H20FNO4. The van der Waals surface area contributed by atoms with Gasteiger partial charge >= 0.3 is 12.1 Å². The quantitative estimate of drug-likeness (QED) is 0.868. The normalized spacial score (nSPS) is 12.4. The predicted molar refractivity (Wildman–Crippen MR) is 75.1 cm³/mol. The van der Waals surface area contributed by atoms with E-state index in [1.807, 2.05) is 0 Å². The van der Waals surface area contributed by atoms with Crippen molar-refractivity contribution in [2.24, 2.45) is 0 Å². The SMILES string of the molecule is CCOC(=O)C(NC(=O)OC(C)(C)C)c1ccccc1F. The molecule has 0 heterocycles. The molecule has 1 atom stereocenters. The minimum atomic E-state index is -1.25. The minimum Gasteiger partial charge on any atom is -0.464 e. The number of hydrogen-bond donors (Lipinski definition) is 1. The average molecular weight is 297 g/mol. The smallest absolute Gasteiger partial charge is 0.408 e. The van der Waals surface area contributed by atoms with Gasteiger partial charge in [-0.2, -0.15) is 0 Å². The first-order chi connectivity index (χ1) is 9.74. The van der Waals surface area contributed by atoms with Gasteiger partial charge in [0, 0.05) is 5.56 Å². The van der Waals surface area contributed by atoms with Gasteiger partial charge in [0.2, 0.25) is 0 Å². The highest BCUT2D eigenvalue weighted by atomic mass is 19.1. The Morgan fingerprint density at radius 3 is 2.43 bits per heavy atom. The van der Waals surface area contributed by atoms with Crippen LogP contribution in [0.3, 0.4) is 0 Å². The number of alkyl carbamates (subject to hydrolysis) is 1. The molecule has 6 heteroatoms. The third-order valence-electron chi connectivity index (χ3n) is 2.40. The Morgan fingerprint density at radius 2 is 1.90 bits per heavy atom. The zero-order chi connectivity index (χ0) is 16.0. The van der Waals surface area contributed by atoms with Crippen LogP contribution in [-0.2, 0) is 14.3 Å². The maximum atomic E-state index is 13.8. The molecule has 1 aromatic carbocycles. The number of hydrogen-bond acceptors (Lipinski definition) is 4. The van der Waals surface area contributed by atoms with Gasteiger partial charge in [-0.05, 0) is 33.8 Å². The van der Waals surface area contributed by atoms with Crippen LogP contribution >= 0.6 is 0 Å². The summed E-state index contributed by atoms with van der Waals surface area (Å²) in [5.74, 6) is -1.35. The van der Waals surface area contributed by atoms with Gasteiger partial charge in [0.25, 0.3) is 0 Å². The number of rotatable bonds is 4. The van der Waals surface area contributed by atoms with Gasteiger partial charge < -0.3 is 14.8 Å². The Hall–Kier alpha value is -2.11. The highest BCUT2D eigenvalue weighted by Crippen LogP contribution is 2.19. The van der Waals surface area contributed by atoms with Crippen molar-refractivity contribution >= 4 is 12.1 Å². The fourth-order valence-electron chi connectivity index (χ4n) is 1.62. The van der Waals surface area contributed by atoms with E-state index in [0.29, 0.717) is 0 Å². The molecule has 0 aliphatic heterocycles. The van der Waals surface area contributed by atoms with Gasteiger partial charge in [0.05, 0.1) is 6.61 Å². The van der Waals surface area contributed by atoms with Gasteiger partial charge in [-0.25, -0.2) is 14.0 Å². The monoisotopic (exact) mass is 297 g/mol. The van der Waals surface area contributed by atoms with Crippen LogP contribution in [0.1, 0.15) is 39.3 Å². The Morgan fingerprint density at radius 1 is 1.29 bits per heavy atom. The lowest BCUT2D eigenvalue weighted by atomic mass is 10.1. The lowest BCUT2D eigenvalue weighted by Gasteiger charge is -2.23. The first-order valence-electron chi connectivity index (χ1n) is 6.65. The molecule has 0 spiro atoms. The lowest BCUT2D eigenvalue weighted by molar-refractivity contribution is -0.145. The van der Waals surface area contributed by atoms with Crippen molar-refractivity contribution in [1.29, 1.82) is 0 Å². The zero-order valence-corrected chi connectivity index (χ0v) is 12.6. The molecule has 1 rings (SSSR count). The van der Waals surface area contributed by atoms with E-state index in [4.69, 9.17) is 9.47 Å². The molecule has 116 valence electrons. The highest BCUT2D eigenvalue weighted by molar-refractivity contribution is 5.82. The molecule has 0 fully saturated rings. The second-order valence-corrected chi connectivity index (χ2v) is 5.35. The average Bonchev–Trinajstić information content (AvgIpc) is 2.35. The van der Waals surface area contributed by atoms with Crippen molar-refractivity contribution in [3.8, 4) is 0 Å². The molecule has 0 aliphatic carbocycles. The van der Waals surface area contributed by atoms with Gasteiger partial charge in [0.1, 0.15) is 11.4 Å². The van der Waals surface area contributed by atoms with Crippen molar-refractivity contribution in [3.63, 3.8) is 0 Å². The fourth-order valence-corrected chi connectivity index (χ4v) is 1.62. The molecule has 0 bridgehead atoms. The van der Waals surface area contributed by atoms with Crippen LogP contribution in [0.15, 0.2) is 24.3 Å². The summed E-state index contributed by atoms with van der Waals surface area (Å²) in [4.78, 5) is 23.7. The van der Waals surface area contributed by atoms with Crippen LogP contribution in [0.25, 0.3) is 0 Å². The van der Waals surface area contributed by atoms with Crippen LogP contribution in [0.2, 0.25) is 0 Å². The third-order valence-corrected chi connectivity index (χ3v) is 2.40. The molecule has 5 nitrogen and oxygen atoms in total. The second kappa shape index (κ2) is 7.06. The van der Waals surface area contributed by atoms with E-state index in [-0.39, 0.29) is 12.2 Å². The summed E-state index contributed by atoms with van der Waals surface area (Å²) in [6.07, 6.45) is -0.816. The number of amides is 1. The maximum Gasteiger partial charge on any atom is 0.408 e. The molecule has 0 radical (unpaired) electrons. The molecule has 1 amide bonds. The number of nitrogens with one attached hydrogen (secondary N) is 1. The molecule has 0 saturated heterocycles. The molecule has 1 aromatic rings. The summed E-state index contributed by atoms with van der Waals surface area (Å²) in [6.45, 7) is 6.82. The maximum absolute atomic E-state index is 13.8. The van der Waals surface area contributed by atoms with E-state index in [1.165, 1.54) is 18.2 Å². The molecule has 1 unspecified atom stereocenters. The number of benzene rings is 1. The minimum absolute atomic E-state index is 0.0295. The first kappa shape index (κ1) is 16.9. The van der Waals surface area contributed by atoms with Crippen molar-refractivity contribution in [1.82, 2.24) is 5.32 Å². The number of carbonyl (C=O) groups excluding carboxylic acids is 2. The molecule has 1 N–H and O–H groups in total. The van der Waals surface area contributed by atoms with Crippen LogP contribution in [-0.4, -0.2) is 24.3 Å². The van der Waals surface area contributed by atoms with Crippen LogP contribution in [0, 0.1) is 5.82 Å². The van der Waals surface area contributed by atoms with Gasteiger partial charge in [-0.3, -0.25) is 0 Å². The van der Waals surface area contributed by atoms with Crippen molar-refractivity contribution in [2.75, 3.05) is 6.61 Å². The first-order valence-corrected chi connectivity index (χ1v) is 6.65. The fraction of sp³-hybridized carbons (Fsp3) is 0.467. The van der Waals surface area contributed by atoms with E-state index in [0.717, 1.165) is 0 Å². The van der Waals surface area contributed by atoms with E-state index in [1.54, 1.807) is 33.8 Å².